The van der Waals surface area contributed by atoms with Crippen molar-refractivity contribution in [2.75, 3.05) is 0 Å². The lowest BCUT2D eigenvalue weighted by Gasteiger charge is -2.01. The summed E-state index contributed by atoms with van der Waals surface area (Å²) in [4.78, 5) is 26.1. The number of fused-ring (bicyclic) bond motifs is 2. The van der Waals surface area contributed by atoms with Gasteiger partial charge < -0.3 is 4.57 Å². The largest absolute Gasteiger partial charge is 0.319 e. The molecule has 2 heterocycles. The number of aromatic nitrogens is 3. The van der Waals surface area contributed by atoms with Crippen molar-refractivity contribution in [2.24, 2.45) is 12.0 Å². The van der Waals surface area contributed by atoms with Crippen molar-refractivity contribution in [3.05, 3.63) is 64.2 Å². The zero-order valence-corrected chi connectivity index (χ0v) is 15.0. The molecular weight excluding hydrogens is 332 g/mol. The fourth-order valence-corrected chi connectivity index (χ4v) is 3.79. The minimum absolute atomic E-state index is 0.253. The minimum atomic E-state index is -0.381. The lowest BCUT2D eigenvalue weighted by atomic mass is 10.1. The monoisotopic (exact) mass is 348 g/mol. The van der Waals surface area contributed by atoms with Gasteiger partial charge in [0.1, 0.15) is 5.69 Å². The average Bonchev–Trinajstić information content (AvgIpc) is 2.90. The van der Waals surface area contributed by atoms with Crippen molar-refractivity contribution >= 4 is 38.5 Å². The number of rotatable bonds is 1. The summed E-state index contributed by atoms with van der Waals surface area (Å²) in [6, 6.07) is 11.7. The molecule has 0 saturated carbocycles. The van der Waals surface area contributed by atoms with Crippen LogP contribution in [0.5, 0.6) is 0 Å². The van der Waals surface area contributed by atoms with Crippen LogP contribution in [0.2, 0.25) is 0 Å². The summed E-state index contributed by atoms with van der Waals surface area (Å²) in [7, 11) is 1.92. The van der Waals surface area contributed by atoms with Gasteiger partial charge in [0.05, 0.1) is 27.4 Å². The SMILES string of the molecule is Cc1cc2sc(=NC(=O)c3cnc4ccccc4n3)n(C)c2cc1C. The van der Waals surface area contributed by atoms with E-state index in [-0.39, 0.29) is 11.6 Å². The van der Waals surface area contributed by atoms with Gasteiger partial charge in [0, 0.05) is 7.05 Å². The molecule has 0 saturated heterocycles. The van der Waals surface area contributed by atoms with E-state index in [0.717, 1.165) is 15.7 Å². The van der Waals surface area contributed by atoms with Gasteiger partial charge in [-0.25, -0.2) is 4.98 Å². The molecule has 0 radical (unpaired) electrons. The van der Waals surface area contributed by atoms with Crippen LogP contribution in [0.1, 0.15) is 21.6 Å². The maximum atomic E-state index is 12.5. The van der Waals surface area contributed by atoms with E-state index in [1.807, 2.05) is 35.9 Å². The Morgan fingerprint density at radius 2 is 1.84 bits per heavy atom. The Balaban J connectivity index is 1.82. The van der Waals surface area contributed by atoms with E-state index in [1.54, 1.807) is 0 Å². The average molecular weight is 348 g/mol. The van der Waals surface area contributed by atoms with Crippen LogP contribution < -0.4 is 4.80 Å². The number of nitrogens with zero attached hydrogens (tertiary/aromatic N) is 4. The number of carbonyl (C=O) groups excluding carboxylic acids is 1. The van der Waals surface area contributed by atoms with Crippen LogP contribution in [0, 0.1) is 13.8 Å². The lowest BCUT2D eigenvalue weighted by Crippen LogP contribution is -2.14. The zero-order chi connectivity index (χ0) is 17.6. The second-order valence-electron chi connectivity index (χ2n) is 6.01. The van der Waals surface area contributed by atoms with Gasteiger partial charge in [-0.1, -0.05) is 23.5 Å². The summed E-state index contributed by atoms with van der Waals surface area (Å²) in [5.74, 6) is -0.381. The van der Waals surface area contributed by atoms with E-state index >= 15 is 0 Å². The molecule has 2 aromatic carbocycles. The smallest absolute Gasteiger partial charge is 0.299 e. The van der Waals surface area contributed by atoms with E-state index in [1.165, 1.54) is 28.7 Å². The lowest BCUT2D eigenvalue weighted by molar-refractivity contribution is 0.0993. The molecule has 2 aromatic heterocycles. The van der Waals surface area contributed by atoms with Gasteiger partial charge in [0.15, 0.2) is 4.80 Å². The predicted molar refractivity (Wildman–Crippen MR) is 99.7 cm³/mol. The molecule has 0 unspecified atom stereocenters. The third kappa shape index (κ3) is 2.74. The number of amides is 1. The number of para-hydroxylation sites is 2. The maximum Gasteiger partial charge on any atom is 0.299 e. The van der Waals surface area contributed by atoms with Crippen LogP contribution in [0.25, 0.3) is 21.3 Å². The number of thiazole rings is 1. The molecule has 1 amide bonds. The normalized spacial score (nSPS) is 12.2. The Labute approximate surface area is 148 Å². The molecule has 0 spiro atoms. The summed E-state index contributed by atoms with van der Waals surface area (Å²) < 4.78 is 3.06. The highest BCUT2D eigenvalue weighted by molar-refractivity contribution is 7.16. The van der Waals surface area contributed by atoms with Crippen LogP contribution in [0.3, 0.4) is 0 Å². The van der Waals surface area contributed by atoms with Crippen LogP contribution in [-0.2, 0) is 7.05 Å². The maximum absolute atomic E-state index is 12.5. The van der Waals surface area contributed by atoms with Crippen LogP contribution in [-0.4, -0.2) is 20.4 Å². The molecule has 4 rings (SSSR count). The Bertz CT molecular complexity index is 1200. The third-order valence-corrected chi connectivity index (χ3v) is 5.38. The van der Waals surface area contributed by atoms with E-state index in [9.17, 15) is 4.79 Å². The first kappa shape index (κ1) is 15.7. The second-order valence-corrected chi connectivity index (χ2v) is 7.02. The zero-order valence-electron chi connectivity index (χ0n) is 14.1. The first-order valence-corrected chi connectivity index (χ1v) is 8.72. The van der Waals surface area contributed by atoms with E-state index < -0.39 is 0 Å². The highest BCUT2D eigenvalue weighted by Gasteiger charge is 2.10. The van der Waals surface area contributed by atoms with Gasteiger partial charge in [-0.15, -0.1) is 0 Å². The molecule has 25 heavy (non-hydrogen) atoms. The van der Waals surface area contributed by atoms with Gasteiger partial charge in [-0.3, -0.25) is 9.78 Å². The van der Waals surface area contributed by atoms with E-state index in [0.29, 0.717) is 10.3 Å². The predicted octanol–water partition coefficient (Wildman–Crippen LogP) is 3.54. The second kappa shape index (κ2) is 5.89. The van der Waals surface area contributed by atoms with Gasteiger partial charge in [0.25, 0.3) is 5.91 Å². The van der Waals surface area contributed by atoms with Crippen molar-refractivity contribution < 1.29 is 4.79 Å². The quantitative estimate of drug-likeness (QED) is 0.529. The number of carbonyl (C=O) groups is 1. The fourth-order valence-electron chi connectivity index (χ4n) is 2.69. The summed E-state index contributed by atoms with van der Waals surface area (Å²) in [5.41, 5.74) is 5.23. The van der Waals surface area contributed by atoms with Crippen LogP contribution >= 0.6 is 11.3 Å². The van der Waals surface area contributed by atoms with Gasteiger partial charge in [-0.05, 0) is 49.2 Å². The molecule has 124 valence electrons. The third-order valence-electron chi connectivity index (χ3n) is 4.29. The fraction of sp³-hybridized carbons (Fsp3) is 0.158. The summed E-state index contributed by atoms with van der Waals surface area (Å²) in [5, 5.41) is 0. The summed E-state index contributed by atoms with van der Waals surface area (Å²) in [6.45, 7) is 4.17. The Morgan fingerprint density at radius 1 is 1.12 bits per heavy atom. The van der Waals surface area contributed by atoms with Crippen molar-refractivity contribution in [1.29, 1.82) is 0 Å². The topological polar surface area (TPSA) is 60.1 Å². The Morgan fingerprint density at radius 3 is 2.64 bits per heavy atom. The number of benzene rings is 2. The first-order valence-electron chi connectivity index (χ1n) is 7.90. The number of hydrogen-bond acceptors (Lipinski definition) is 4. The molecule has 6 heteroatoms. The molecule has 4 aromatic rings. The number of hydrogen-bond donors (Lipinski definition) is 0. The van der Waals surface area contributed by atoms with E-state index in [2.05, 4.69) is 40.9 Å². The summed E-state index contributed by atoms with van der Waals surface area (Å²) >= 11 is 1.50. The molecule has 0 aliphatic rings. The Kier molecular flexibility index (Phi) is 3.69. The molecule has 0 aliphatic carbocycles. The minimum Gasteiger partial charge on any atom is -0.319 e. The molecule has 0 N–H and O–H groups in total. The van der Waals surface area contributed by atoms with Crippen molar-refractivity contribution in [3.8, 4) is 0 Å². The summed E-state index contributed by atoms with van der Waals surface area (Å²) in [6.07, 6.45) is 1.48. The van der Waals surface area contributed by atoms with Crippen molar-refractivity contribution in [3.63, 3.8) is 0 Å². The molecule has 5 nitrogen and oxygen atoms in total. The van der Waals surface area contributed by atoms with Crippen molar-refractivity contribution in [1.82, 2.24) is 14.5 Å². The standard InChI is InChI=1S/C19H16N4OS/c1-11-8-16-17(9-12(11)2)25-19(23(16)3)22-18(24)15-10-20-13-6-4-5-7-14(13)21-15/h4-10H,1-3H3. The number of aryl methyl sites for hydroxylation is 3. The first-order chi connectivity index (χ1) is 12.0. The molecule has 0 fully saturated rings. The molecule has 0 aliphatic heterocycles. The van der Waals surface area contributed by atoms with Gasteiger partial charge >= 0.3 is 0 Å². The van der Waals surface area contributed by atoms with Crippen molar-refractivity contribution in [2.45, 2.75) is 13.8 Å². The highest BCUT2D eigenvalue weighted by atomic mass is 32.1. The van der Waals surface area contributed by atoms with E-state index in [4.69, 9.17) is 0 Å². The van der Waals surface area contributed by atoms with Crippen LogP contribution in [0.15, 0.2) is 47.6 Å². The van der Waals surface area contributed by atoms with Gasteiger partial charge in [0.2, 0.25) is 0 Å². The molecular formula is C19H16N4OS. The molecule has 0 atom stereocenters. The van der Waals surface area contributed by atoms with Crippen LogP contribution in [0.4, 0.5) is 0 Å². The van der Waals surface area contributed by atoms with Gasteiger partial charge in [-0.2, -0.15) is 4.99 Å². The highest BCUT2D eigenvalue weighted by Crippen LogP contribution is 2.21. The molecule has 0 bridgehead atoms. The Hall–Kier alpha value is -2.86.